The zero-order chi connectivity index (χ0) is 18.4. The van der Waals surface area contributed by atoms with Gasteiger partial charge in [0.15, 0.2) is 5.78 Å². The number of amides is 1. The van der Waals surface area contributed by atoms with Crippen molar-refractivity contribution in [3.63, 3.8) is 0 Å². The number of hydrogen-bond donors (Lipinski definition) is 1. The quantitative estimate of drug-likeness (QED) is 0.606. The standard InChI is InChI=1S/C18H19NO5S/c1-11(19-17(21)16-5-4-8-25-16)18(22)24-10-14-9-13(12(2)20)6-7-15(14)23-3/h4-9,11H,10H2,1-3H3,(H,19,21). The van der Waals surface area contributed by atoms with Gasteiger partial charge in [-0.3, -0.25) is 9.59 Å². The first-order chi connectivity index (χ1) is 11.9. The van der Waals surface area contributed by atoms with E-state index in [-0.39, 0.29) is 18.3 Å². The molecule has 0 fully saturated rings. The summed E-state index contributed by atoms with van der Waals surface area (Å²) in [7, 11) is 1.50. The van der Waals surface area contributed by atoms with E-state index >= 15 is 0 Å². The number of carbonyl (C=O) groups excluding carboxylic acids is 3. The molecule has 1 atom stereocenters. The summed E-state index contributed by atoms with van der Waals surface area (Å²) in [6.45, 7) is 2.96. The summed E-state index contributed by atoms with van der Waals surface area (Å²) in [6, 6.07) is 7.57. The Morgan fingerprint density at radius 3 is 2.60 bits per heavy atom. The molecule has 1 aromatic heterocycles. The smallest absolute Gasteiger partial charge is 0.328 e. The maximum Gasteiger partial charge on any atom is 0.328 e. The van der Waals surface area contributed by atoms with Crippen LogP contribution in [-0.4, -0.2) is 30.8 Å². The Labute approximate surface area is 149 Å². The molecule has 1 amide bonds. The molecule has 0 radical (unpaired) electrons. The van der Waals surface area contributed by atoms with E-state index in [1.165, 1.54) is 25.4 Å². The maximum absolute atomic E-state index is 12.1. The van der Waals surface area contributed by atoms with E-state index < -0.39 is 12.0 Å². The van der Waals surface area contributed by atoms with Crippen LogP contribution in [0.5, 0.6) is 5.75 Å². The Hall–Kier alpha value is -2.67. The fraction of sp³-hybridized carbons (Fsp3) is 0.278. The van der Waals surface area contributed by atoms with Crippen molar-refractivity contribution in [2.24, 2.45) is 0 Å². The lowest BCUT2D eigenvalue weighted by Crippen LogP contribution is -2.39. The lowest BCUT2D eigenvalue weighted by molar-refractivity contribution is -0.146. The molecule has 1 N–H and O–H groups in total. The minimum atomic E-state index is -0.795. The van der Waals surface area contributed by atoms with Gasteiger partial charge in [0.2, 0.25) is 0 Å². The first-order valence-electron chi connectivity index (χ1n) is 7.61. The van der Waals surface area contributed by atoms with Crippen LogP contribution in [-0.2, 0) is 16.1 Å². The summed E-state index contributed by atoms with van der Waals surface area (Å²) in [5.41, 5.74) is 1.09. The molecule has 1 aromatic carbocycles. The molecule has 0 aliphatic carbocycles. The van der Waals surface area contributed by atoms with Crippen LogP contribution in [0.2, 0.25) is 0 Å². The Morgan fingerprint density at radius 2 is 2.00 bits per heavy atom. The lowest BCUT2D eigenvalue weighted by Gasteiger charge is -2.14. The summed E-state index contributed by atoms with van der Waals surface area (Å²) in [5.74, 6) is -0.462. The topological polar surface area (TPSA) is 81.7 Å². The van der Waals surface area contributed by atoms with Gasteiger partial charge in [0.05, 0.1) is 12.0 Å². The number of Topliss-reactive ketones (excluding diaryl/α,β-unsaturated/α-hetero) is 1. The summed E-state index contributed by atoms with van der Waals surface area (Å²) in [5, 5.41) is 4.37. The molecular formula is C18H19NO5S. The van der Waals surface area contributed by atoms with Gasteiger partial charge in [-0.15, -0.1) is 11.3 Å². The first kappa shape index (κ1) is 18.7. The monoisotopic (exact) mass is 361 g/mol. The van der Waals surface area contributed by atoms with Crippen LogP contribution in [0, 0.1) is 0 Å². The summed E-state index contributed by atoms with van der Waals surface area (Å²) < 4.78 is 10.5. The van der Waals surface area contributed by atoms with Gasteiger partial charge in [-0.2, -0.15) is 0 Å². The number of nitrogens with one attached hydrogen (secondary N) is 1. The highest BCUT2D eigenvalue weighted by Crippen LogP contribution is 2.21. The van der Waals surface area contributed by atoms with Crippen LogP contribution in [0.3, 0.4) is 0 Å². The third-order valence-electron chi connectivity index (χ3n) is 3.50. The van der Waals surface area contributed by atoms with Crippen molar-refractivity contribution in [3.8, 4) is 5.75 Å². The van der Waals surface area contributed by atoms with Crippen molar-refractivity contribution in [2.75, 3.05) is 7.11 Å². The molecule has 0 aliphatic heterocycles. The number of esters is 1. The van der Waals surface area contributed by atoms with Gasteiger partial charge in [0.25, 0.3) is 5.91 Å². The van der Waals surface area contributed by atoms with Gasteiger partial charge in [-0.1, -0.05) is 6.07 Å². The molecule has 0 saturated carbocycles. The maximum atomic E-state index is 12.1. The van der Waals surface area contributed by atoms with Gasteiger partial charge in [0.1, 0.15) is 18.4 Å². The van der Waals surface area contributed by atoms with E-state index in [1.807, 2.05) is 0 Å². The van der Waals surface area contributed by atoms with Crippen LogP contribution >= 0.6 is 11.3 Å². The van der Waals surface area contributed by atoms with Crippen LogP contribution in [0.25, 0.3) is 0 Å². The Bertz CT molecular complexity index is 770. The average Bonchev–Trinajstić information content (AvgIpc) is 3.13. The van der Waals surface area contributed by atoms with E-state index in [1.54, 1.807) is 42.6 Å². The number of ketones is 1. The van der Waals surface area contributed by atoms with E-state index in [0.717, 1.165) is 0 Å². The van der Waals surface area contributed by atoms with Gasteiger partial charge >= 0.3 is 5.97 Å². The fourth-order valence-corrected chi connectivity index (χ4v) is 2.75. The second kappa shape index (κ2) is 8.43. The van der Waals surface area contributed by atoms with E-state index in [4.69, 9.17) is 9.47 Å². The molecule has 0 aliphatic rings. The third-order valence-corrected chi connectivity index (χ3v) is 4.37. The van der Waals surface area contributed by atoms with Crippen LogP contribution in [0.1, 0.15) is 39.4 Å². The molecule has 2 aromatic rings. The van der Waals surface area contributed by atoms with Gasteiger partial charge < -0.3 is 14.8 Å². The summed E-state index contributed by atoms with van der Waals surface area (Å²) >= 11 is 1.29. The van der Waals surface area contributed by atoms with Crippen LogP contribution < -0.4 is 10.1 Å². The largest absolute Gasteiger partial charge is 0.496 e. The highest BCUT2D eigenvalue weighted by Gasteiger charge is 2.19. The van der Waals surface area contributed by atoms with Gasteiger partial charge in [0, 0.05) is 11.1 Å². The SMILES string of the molecule is COc1ccc(C(C)=O)cc1COC(=O)C(C)NC(=O)c1cccs1. The molecule has 6 nitrogen and oxygen atoms in total. The van der Waals surface area contributed by atoms with Crippen molar-refractivity contribution in [1.82, 2.24) is 5.32 Å². The highest BCUT2D eigenvalue weighted by atomic mass is 32.1. The van der Waals surface area contributed by atoms with Gasteiger partial charge in [-0.25, -0.2) is 4.79 Å². The predicted molar refractivity (Wildman–Crippen MR) is 94.0 cm³/mol. The molecule has 132 valence electrons. The summed E-state index contributed by atoms with van der Waals surface area (Å²) in [4.78, 5) is 36.1. The van der Waals surface area contributed by atoms with Crippen molar-refractivity contribution in [2.45, 2.75) is 26.5 Å². The number of hydrogen-bond acceptors (Lipinski definition) is 6. The fourth-order valence-electron chi connectivity index (χ4n) is 2.12. The Morgan fingerprint density at radius 1 is 1.24 bits per heavy atom. The highest BCUT2D eigenvalue weighted by molar-refractivity contribution is 7.12. The van der Waals surface area contributed by atoms with Crippen LogP contribution in [0.4, 0.5) is 0 Å². The number of thiophene rings is 1. The number of carbonyl (C=O) groups is 3. The van der Waals surface area contributed by atoms with Crippen LogP contribution in [0.15, 0.2) is 35.7 Å². The molecule has 0 spiro atoms. The average molecular weight is 361 g/mol. The minimum Gasteiger partial charge on any atom is -0.496 e. The predicted octanol–water partition coefficient (Wildman–Crippen LogP) is 2.82. The van der Waals surface area contributed by atoms with Crippen molar-refractivity contribution in [1.29, 1.82) is 0 Å². The molecule has 0 bridgehead atoms. The van der Waals surface area contributed by atoms with Gasteiger partial charge in [-0.05, 0) is 43.5 Å². The normalized spacial score (nSPS) is 11.5. The molecule has 1 unspecified atom stereocenters. The number of benzene rings is 1. The molecule has 25 heavy (non-hydrogen) atoms. The second-order valence-electron chi connectivity index (χ2n) is 5.36. The molecule has 0 saturated heterocycles. The zero-order valence-corrected chi connectivity index (χ0v) is 15.0. The number of ether oxygens (including phenoxy) is 2. The minimum absolute atomic E-state index is 0.0532. The molecule has 7 heteroatoms. The zero-order valence-electron chi connectivity index (χ0n) is 14.2. The van der Waals surface area contributed by atoms with E-state index in [2.05, 4.69) is 5.32 Å². The van der Waals surface area contributed by atoms with Crippen molar-refractivity contribution < 1.29 is 23.9 Å². The van der Waals surface area contributed by atoms with Crippen molar-refractivity contribution >= 4 is 29.0 Å². The summed E-state index contributed by atoms with van der Waals surface area (Å²) in [6.07, 6.45) is 0. The molecule has 2 rings (SSSR count). The molecule has 1 heterocycles. The van der Waals surface area contributed by atoms with E-state index in [0.29, 0.717) is 21.8 Å². The number of methoxy groups -OCH3 is 1. The first-order valence-corrected chi connectivity index (χ1v) is 8.49. The third kappa shape index (κ3) is 4.90. The van der Waals surface area contributed by atoms with E-state index in [9.17, 15) is 14.4 Å². The number of rotatable bonds is 7. The van der Waals surface area contributed by atoms with Crippen molar-refractivity contribution in [3.05, 3.63) is 51.7 Å². The lowest BCUT2D eigenvalue weighted by atomic mass is 10.1. The second-order valence-corrected chi connectivity index (χ2v) is 6.31. The Kier molecular flexibility index (Phi) is 6.30. The molecular weight excluding hydrogens is 342 g/mol. The Balaban J connectivity index is 1.98.